The Morgan fingerprint density at radius 3 is 2.83 bits per heavy atom. The minimum absolute atomic E-state index is 0.227. The van der Waals surface area contributed by atoms with Gasteiger partial charge in [0, 0.05) is 25.9 Å². The number of ether oxygens (including phenoxy) is 2. The number of nitrogens with zero attached hydrogens (tertiary/aromatic N) is 2. The standard InChI is InChI=1S/C19H28N2O3/c1-19(2,3)24-18(22)21-10-8-14-6-5-7-17(16(14)12-21)20(4)15-9-11-23-13-15/h5-7,15H,8-13H2,1-4H3. The summed E-state index contributed by atoms with van der Waals surface area (Å²) in [7, 11) is 2.13. The lowest BCUT2D eigenvalue weighted by molar-refractivity contribution is 0.0224. The van der Waals surface area contributed by atoms with Gasteiger partial charge >= 0.3 is 6.09 Å². The molecule has 1 aromatic rings. The van der Waals surface area contributed by atoms with Gasteiger partial charge < -0.3 is 19.3 Å². The minimum atomic E-state index is -0.463. The molecule has 2 heterocycles. The zero-order valence-corrected chi connectivity index (χ0v) is 15.2. The molecule has 1 unspecified atom stereocenters. The van der Waals surface area contributed by atoms with Gasteiger partial charge in [-0.2, -0.15) is 0 Å². The van der Waals surface area contributed by atoms with E-state index in [9.17, 15) is 4.79 Å². The zero-order valence-electron chi connectivity index (χ0n) is 15.2. The van der Waals surface area contributed by atoms with Crippen LogP contribution in [0.25, 0.3) is 0 Å². The number of carbonyl (C=O) groups is 1. The van der Waals surface area contributed by atoms with Crippen LogP contribution in [0.2, 0.25) is 0 Å². The van der Waals surface area contributed by atoms with Crippen molar-refractivity contribution in [3.63, 3.8) is 0 Å². The van der Waals surface area contributed by atoms with E-state index in [1.807, 2.05) is 25.7 Å². The maximum absolute atomic E-state index is 12.4. The molecule has 132 valence electrons. The molecule has 0 aliphatic carbocycles. The smallest absolute Gasteiger partial charge is 0.410 e. The first-order valence-corrected chi connectivity index (χ1v) is 8.74. The molecule has 1 saturated heterocycles. The Kier molecular flexibility index (Phi) is 4.72. The van der Waals surface area contributed by atoms with Crippen LogP contribution in [0, 0.1) is 0 Å². The molecule has 2 aliphatic heterocycles. The topological polar surface area (TPSA) is 42.0 Å². The van der Waals surface area contributed by atoms with E-state index in [-0.39, 0.29) is 6.09 Å². The monoisotopic (exact) mass is 332 g/mol. The molecule has 1 fully saturated rings. The fourth-order valence-corrected chi connectivity index (χ4v) is 3.40. The van der Waals surface area contributed by atoms with Crippen LogP contribution in [0.15, 0.2) is 18.2 Å². The lowest BCUT2D eigenvalue weighted by atomic mass is 9.97. The maximum Gasteiger partial charge on any atom is 0.410 e. The van der Waals surface area contributed by atoms with Crippen LogP contribution >= 0.6 is 0 Å². The number of rotatable bonds is 2. The predicted molar refractivity (Wildman–Crippen MR) is 94.4 cm³/mol. The van der Waals surface area contributed by atoms with Crippen LogP contribution in [-0.2, 0) is 22.4 Å². The minimum Gasteiger partial charge on any atom is -0.444 e. The molecular weight excluding hydrogens is 304 g/mol. The SMILES string of the molecule is CN(c1cccc2c1CN(C(=O)OC(C)(C)C)CC2)C1CCOC1. The normalized spacial score (nSPS) is 20.7. The number of anilines is 1. The fourth-order valence-electron chi connectivity index (χ4n) is 3.40. The molecule has 0 spiro atoms. The third-order valence-electron chi connectivity index (χ3n) is 4.73. The van der Waals surface area contributed by atoms with Crippen LogP contribution in [-0.4, -0.2) is 49.4 Å². The Hall–Kier alpha value is -1.75. The molecule has 0 bridgehead atoms. The van der Waals surface area contributed by atoms with E-state index in [1.54, 1.807) is 0 Å². The van der Waals surface area contributed by atoms with Gasteiger partial charge in [0.25, 0.3) is 0 Å². The number of amides is 1. The second-order valence-electron chi connectivity index (χ2n) is 7.70. The molecule has 1 amide bonds. The van der Waals surface area contributed by atoms with Crippen LogP contribution in [0.1, 0.15) is 38.3 Å². The number of hydrogen-bond donors (Lipinski definition) is 0. The molecule has 24 heavy (non-hydrogen) atoms. The van der Waals surface area contributed by atoms with E-state index in [0.717, 1.165) is 26.1 Å². The van der Waals surface area contributed by atoms with Crippen molar-refractivity contribution in [2.24, 2.45) is 0 Å². The van der Waals surface area contributed by atoms with Gasteiger partial charge in [-0.1, -0.05) is 12.1 Å². The summed E-state index contributed by atoms with van der Waals surface area (Å²) in [6.07, 6.45) is 1.70. The molecule has 1 atom stereocenters. The van der Waals surface area contributed by atoms with Crippen molar-refractivity contribution in [1.29, 1.82) is 0 Å². The summed E-state index contributed by atoms with van der Waals surface area (Å²) in [6, 6.07) is 6.84. The van der Waals surface area contributed by atoms with Gasteiger partial charge in [0.15, 0.2) is 0 Å². The Balaban J connectivity index is 1.80. The molecule has 0 radical (unpaired) electrons. The second kappa shape index (κ2) is 6.63. The first-order chi connectivity index (χ1) is 11.3. The van der Waals surface area contributed by atoms with Gasteiger partial charge in [0.1, 0.15) is 5.60 Å². The third-order valence-corrected chi connectivity index (χ3v) is 4.73. The number of benzene rings is 1. The van der Waals surface area contributed by atoms with Crippen LogP contribution in [0.5, 0.6) is 0 Å². The largest absolute Gasteiger partial charge is 0.444 e. The Labute approximate surface area is 144 Å². The van der Waals surface area contributed by atoms with Crippen molar-refractivity contribution in [1.82, 2.24) is 4.90 Å². The number of fused-ring (bicyclic) bond motifs is 1. The number of hydrogen-bond acceptors (Lipinski definition) is 4. The Bertz CT molecular complexity index is 603. The summed E-state index contributed by atoms with van der Waals surface area (Å²) in [6.45, 7) is 8.64. The molecule has 0 saturated carbocycles. The summed E-state index contributed by atoms with van der Waals surface area (Å²) < 4.78 is 11.1. The summed E-state index contributed by atoms with van der Waals surface area (Å²) >= 11 is 0. The Morgan fingerprint density at radius 1 is 1.38 bits per heavy atom. The third kappa shape index (κ3) is 3.66. The number of likely N-dealkylation sites (N-methyl/N-ethyl adjacent to an activating group) is 1. The molecule has 2 aliphatic rings. The highest BCUT2D eigenvalue weighted by molar-refractivity contribution is 5.70. The predicted octanol–water partition coefficient (Wildman–Crippen LogP) is 3.20. The lowest BCUT2D eigenvalue weighted by Gasteiger charge is -2.35. The molecular formula is C19H28N2O3. The second-order valence-corrected chi connectivity index (χ2v) is 7.70. The first-order valence-electron chi connectivity index (χ1n) is 8.74. The maximum atomic E-state index is 12.4. The molecule has 1 aromatic carbocycles. The highest BCUT2D eigenvalue weighted by Crippen LogP contribution is 2.31. The summed E-state index contributed by atoms with van der Waals surface area (Å²) in [4.78, 5) is 16.6. The van der Waals surface area contributed by atoms with E-state index < -0.39 is 5.60 Å². The quantitative estimate of drug-likeness (QED) is 0.834. The average Bonchev–Trinajstić information content (AvgIpc) is 3.06. The highest BCUT2D eigenvalue weighted by Gasteiger charge is 2.29. The Morgan fingerprint density at radius 2 is 2.17 bits per heavy atom. The van der Waals surface area contributed by atoms with Gasteiger partial charge in [-0.25, -0.2) is 4.79 Å². The van der Waals surface area contributed by atoms with Crippen molar-refractivity contribution in [3.05, 3.63) is 29.3 Å². The average molecular weight is 332 g/mol. The number of carbonyl (C=O) groups excluding carboxylic acids is 1. The molecule has 0 aromatic heterocycles. The van der Waals surface area contributed by atoms with Crippen LogP contribution in [0.3, 0.4) is 0 Å². The molecule has 3 rings (SSSR count). The van der Waals surface area contributed by atoms with E-state index in [4.69, 9.17) is 9.47 Å². The van der Waals surface area contributed by atoms with E-state index in [2.05, 4.69) is 30.1 Å². The van der Waals surface area contributed by atoms with Crippen molar-refractivity contribution in [2.75, 3.05) is 31.7 Å². The fraction of sp³-hybridized carbons (Fsp3) is 0.632. The summed E-state index contributed by atoms with van der Waals surface area (Å²) in [5.41, 5.74) is 3.31. The highest BCUT2D eigenvalue weighted by atomic mass is 16.6. The van der Waals surface area contributed by atoms with Gasteiger partial charge in [-0.3, -0.25) is 0 Å². The van der Waals surface area contributed by atoms with E-state index >= 15 is 0 Å². The van der Waals surface area contributed by atoms with Crippen molar-refractivity contribution < 1.29 is 14.3 Å². The van der Waals surface area contributed by atoms with Gasteiger partial charge in [0.05, 0.1) is 19.2 Å². The summed E-state index contributed by atoms with van der Waals surface area (Å²) in [5.74, 6) is 0. The zero-order chi connectivity index (χ0) is 17.3. The first kappa shape index (κ1) is 17.1. The van der Waals surface area contributed by atoms with Gasteiger partial charge in [0.2, 0.25) is 0 Å². The molecule has 5 nitrogen and oxygen atoms in total. The van der Waals surface area contributed by atoms with Crippen molar-refractivity contribution >= 4 is 11.8 Å². The van der Waals surface area contributed by atoms with E-state index in [1.165, 1.54) is 16.8 Å². The van der Waals surface area contributed by atoms with Gasteiger partial charge in [-0.05, 0) is 50.8 Å². The summed E-state index contributed by atoms with van der Waals surface area (Å²) in [5, 5.41) is 0. The lowest BCUT2D eigenvalue weighted by Crippen LogP contribution is -2.41. The van der Waals surface area contributed by atoms with Crippen LogP contribution < -0.4 is 4.90 Å². The van der Waals surface area contributed by atoms with E-state index in [0.29, 0.717) is 19.1 Å². The van der Waals surface area contributed by atoms with Gasteiger partial charge in [-0.15, -0.1) is 0 Å². The van der Waals surface area contributed by atoms with Crippen molar-refractivity contribution in [2.45, 2.75) is 51.8 Å². The van der Waals surface area contributed by atoms with Crippen LogP contribution in [0.4, 0.5) is 10.5 Å². The molecule has 0 N–H and O–H groups in total. The molecule has 5 heteroatoms. The van der Waals surface area contributed by atoms with Crippen molar-refractivity contribution in [3.8, 4) is 0 Å².